The van der Waals surface area contributed by atoms with Crippen LogP contribution >= 0.6 is 0 Å². The molecule has 1 aliphatic rings. The Bertz CT molecular complexity index is 574. The number of carboxylic acid groups (broad SMARTS) is 1. The number of nitrogens with one attached hydrogen (secondary N) is 1. The van der Waals surface area contributed by atoms with Crippen molar-refractivity contribution < 1.29 is 14.7 Å². The average molecular weight is 331 g/mol. The van der Waals surface area contributed by atoms with Gasteiger partial charge in [0.15, 0.2) is 0 Å². The Labute approximate surface area is 144 Å². The summed E-state index contributed by atoms with van der Waals surface area (Å²) in [7, 11) is 0. The third-order valence-electron chi connectivity index (χ3n) is 5.32. The lowest BCUT2D eigenvalue weighted by Gasteiger charge is -2.37. The maximum atomic E-state index is 12.2. The van der Waals surface area contributed by atoms with Gasteiger partial charge in [-0.15, -0.1) is 0 Å². The van der Waals surface area contributed by atoms with Crippen LogP contribution in [0.3, 0.4) is 0 Å². The Morgan fingerprint density at radius 1 is 1.17 bits per heavy atom. The number of carbonyl (C=O) groups is 2. The summed E-state index contributed by atoms with van der Waals surface area (Å²) in [6, 6.07) is 6.88. The highest BCUT2D eigenvalue weighted by molar-refractivity contribution is 5.89. The van der Waals surface area contributed by atoms with Crippen LogP contribution in [0.15, 0.2) is 24.3 Å². The predicted octanol–water partition coefficient (Wildman–Crippen LogP) is 4.04. The van der Waals surface area contributed by atoms with Gasteiger partial charge in [0.05, 0.1) is 5.56 Å². The van der Waals surface area contributed by atoms with E-state index in [4.69, 9.17) is 0 Å². The molecule has 24 heavy (non-hydrogen) atoms. The van der Waals surface area contributed by atoms with E-state index in [0.29, 0.717) is 30.9 Å². The monoisotopic (exact) mass is 331 g/mol. The molecule has 1 saturated carbocycles. The number of carboxylic acids is 1. The molecule has 4 nitrogen and oxygen atoms in total. The van der Waals surface area contributed by atoms with Gasteiger partial charge in [0.1, 0.15) is 0 Å². The first-order chi connectivity index (χ1) is 11.4. The van der Waals surface area contributed by atoms with Crippen molar-refractivity contribution in [3.05, 3.63) is 35.4 Å². The minimum Gasteiger partial charge on any atom is -0.478 e. The molecule has 0 bridgehead atoms. The number of hydrogen-bond acceptors (Lipinski definition) is 2. The normalized spacial score (nSPS) is 15.9. The van der Waals surface area contributed by atoms with Crippen LogP contribution in [-0.2, 0) is 11.2 Å². The molecule has 1 fully saturated rings. The smallest absolute Gasteiger partial charge is 0.335 e. The minimum absolute atomic E-state index is 0.000855. The van der Waals surface area contributed by atoms with E-state index in [1.807, 2.05) is 6.07 Å². The third-order valence-corrected chi connectivity index (χ3v) is 5.32. The van der Waals surface area contributed by atoms with Crippen molar-refractivity contribution in [2.24, 2.45) is 11.3 Å². The van der Waals surface area contributed by atoms with E-state index >= 15 is 0 Å². The van der Waals surface area contributed by atoms with E-state index in [0.717, 1.165) is 0 Å². The van der Waals surface area contributed by atoms with E-state index in [9.17, 15) is 14.7 Å². The summed E-state index contributed by atoms with van der Waals surface area (Å²) >= 11 is 0. The van der Waals surface area contributed by atoms with E-state index in [-0.39, 0.29) is 16.9 Å². The van der Waals surface area contributed by atoms with Crippen LogP contribution in [0.2, 0.25) is 0 Å². The first-order valence-electron chi connectivity index (χ1n) is 8.98. The maximum Gasteiger partial charge on any atom is 0.335 e. The van der Waals surface area contributed by atoms with Crippen LogP contribution in [0.5, 0.6) is 0 Å². The van der Waals surface area contributed by atoms with Crippen molar-refractivity contribution in [3.8, 4) is 0 Å². The van der Waals surface area contributed by atoms with Crippen molar-refractivity contribution in [1.29, 1.82) is 0 Å². The fourth-order valence-electron chi connectivity index (χ4n) is 3.64. The maximum absolute atomic E-state index is 12.2. The summed E-state index contributed by atoms with van der Waals surface area (Å²) in [6.45, 7) is 5.17. The zero-order chi connectivity index (χ0) is 17.6. The van der Waals surface area contributed by atoms with E-state index in [1.165, 1.54) is 32.1 Å². The van der Waals surface area contributed by atoms with Crippen LogP contribution < -0.4 is 5.32 Å². The lowest BCUT2D eigenvalue weighted by atomic mass is 9.71. The van der Waals surface area contributed by atoms with Gasteiger partial charge < -0.3 is 10.4 Å². The highest BCUT2D eigenvalue weighted by atomic mass is 16.4. The Balaban J connectivity index is 1.82. The molecule has 1 amide bonds. The quantitative estimate of drug-likeness (QED) is 0.792. The molecule has 2 rings (SSSR count). The molecule has 0 aromatic heterocycles. The molecule has 0 radical (unpaired) electrons. The van der Waals surface area contributed by atoms with E-state index < -0.39 is 5.97 Å². The van der Waals surface area contributed by atoms with Gasteiger partial charge in [-0.25, -0.2) is 4.79 Å². The molecular formula is C20H29NO3. The Kier molecular flexibility index (Phi) is 6.41. The van der Waals surface area contributed by atoms with Crippen LogP contribution in [-0.4, -0.2) is 23.5 Å². The van der Waals surface area contributed by atoms with Crippen molar-refractivity contribution >= 4 is 11.9 Å². The fraction of sp³-hybridized carbons (Fsp3) is 0.600. The Morgan fingerprint density at radius 3 is 2.50 bits per heavy atom. The molecule has 1 aliphatic carbocycles. The number of rotatable bonds is 7. The highest BCUT2D eigenvalue weighted by Crippen LogP contribution is 2.37. The summed E-state index contributed by atoms with van der Waals surface area (Å²) in [5.74, 6) is -0.261. The van der Waals surface area contributed by atoms with Gasteiger partial charge in [-0.1, -0.05) is 51.3 Å². The second kappa shape index (κ2) is 8.32. The van der Waals surface area contributed by atoms with Crippen LogP contribution in [0.4, 0.5) is 0 Å². The standard InChI is InChI=1S/C20H29NO3/c1-20(2,16-9-4-3-5-10-16)14-21-18(22)13-12-15-8-6-7-11-17(15)19(23)24/h6-8,11,16H,3-5,9-10,12-14H2,1-2H3,(H,21,22)(H,23,24). The number of carbonyl (C=O) groups excluding carboxylic acids is 1. The first-order valence-corrected chi connectivity index (χ1v) is 8.98. The molecule has 0 atom stereocenters. The van der Waals surface area contributed by atoms with E-state index in [1.54, 1.807) is 18.2 Å². The zero-order valence-corrected chi connectivity index (χ0v) is 14.8. The van der Waals surface area contributed by atoms with Gasteiger partial charge in [-0.05, 0) is 42.2 Å². The third kappa shape index (κ3) is 5.08. The molecule has 1 aromatic carbocycles. The Morgan fingerprint density at radius 2 is 1.83 bits per heavy atom. The SMILES string of the molecule is CC(C)(CNC(=O)CCc1ccccc1C(=O)O)C1CCCCC1. The second-order valence-corrected chi connectivity index (χ2v) is 7.56. The number of amides is 1. The summed E-state index contributed by atoms with van der Waals surface area (Å²) in [5.41, 5.74) is 1.12. The molecule has 2 N–H and O–H groups in total. The van der Waals surface area contributed by atoms with Gasteiger partial charge in [0.2, 0.25) is 5.91 Å². The number of aromatic carboxylic acids is 1. The number of benzene rings is 1. The van der Waals surface area contributed by atoms with Gasteiger partial charge >= 0.3 is 5.97 Å². The lowest BCUT2D eigenvalue weighted by Crippen LogP contribution is -2.39. The number of aryl methyl sites for hydroxylation is 1. The van der Waals surface area contributed by atoms with Crippen molar-refractivity contribution in [2.75, 3.05) is 6.54 Å². The number of hydrogen-bond donors (Lipinski definition) is 2. The van der Waals surface area contributed by atoms with Crippen LogP contribution in [0.25, 0.3) is 0 Å². The summed E-state index contributed by atoms with van der Waals surface area (Å²) in [6.07, 6.45) is 7.23. The van der Waals surface area contributed by atoms with Crippen LogP contribution in [0, 0.1) is 11.3 Å². The molecule has 1 aromatic rings. The molecule has 0 aliphatic heterocycles. The van der Waals surface area contributed by atoms with Gasteiger partial charge in [-0.2, -0.15) is 0 Å². The summed E-state index contributed by atoms with van der Waals surface area (Å²) in [5, 5.41) is 12.2. The zero-order valence-electron chi connectivity index (χ0n) is 14.8. The topological polar surface area (TPSA) is 66.4 Å². The molecule has 0 spiro atoms. The second-order valence-electron chi connectivity index (χ2n) is 7.56. The van der Waals surface area contributed by atoms with Crippen molar-refractivity contribution in [1.82, 2.24) is 5.32 Å². The van der Waals surface area contributed by atoms with Crippen molar-refractivity contribution in [2.45, 2.75) is 58.8 Å². The molecular weight excluding hydrogens is 302 g/mol. The van der Waals surface area contributed by atoms with Gasteiger partial charge in [-0.3, -0.25) is 4.79 Å². The molecule has 0 unspecified atom stereocenters. The molecule has 4 heteroatoms. The molecule has 132 valence electrons. The Hall–Kier alpha value is -1.84. The minimum atomic E-state index is -0.940. The fourth-order valence-corrected chi connectivity index (χ4v) is 3.64. The van der Waals surface area contributed by atoms with Gasteiger partial charge in [0.25, 0.3) is 0 Å². The lowest BCUT2D eigenvalue weighted by molar-refractivity contribution is -0.121. The first kappa shape index (κ1) is 18.5. The van der Waals surface area contributed by atoms with Crippen LogP contribution in [0.1, 0.15) is 68.3 Å². The predicted molar refractivity (Wildman–Crippen MR) is 95.1 cm³/mol. The highest BCUT2D eigenvalue weighted by Gasteiger charge is 2.30. The molecule has 0 saturated heterocycles. The van der Waals surface area contributed by atoms with Crippen molar-refractivity contribution in [3.63, 3.8) is 0 Å². The average Bonchev–Trinajstić information content (AvgIpc) is 2.59. The summed E-state index contributed by atoms with van der Waals surface area (Å²) < 4.78 is 0. The van der Waals surface area contributed by atoms with E-state index in [2.05, 4.69) is 19.2 Å². The summed E-state index contributed by atoms with van der Waals surface area (Å²) in [4.78, 5) is 23.4. The largest absolute Gasteiger partial charge is 0.478 e. The van der Waals surface area contributed by atoms with Gasteiger partial charge in [0, 0.05) is 13.0 Å². The molecule has 0 heterocycles.